The van der Waals surface area contributed by atoms with Crippen molar-refractivity contribution in [3.63, 3.8) is 0 Å². The van der Waals surface area contributed by atoms with E-state index in [4.69, 9.17) is 9.36 Å². The van der Waals surface area contributed by atoms with Crippen LogP contribution in [0.2, 0.25) is 0 Å². The van der Waals surface area contributed by atoms with Crippen LogP contribution in [0.25, 0.3) is 11.4 Å². The standard InChI is InChI=1S/C16H20N4O2/c1-4-21-19-13-7-12(8-13)16-18-15(20-22-16)11-6-5-10(2)14(9-11)17-3/h5-6,9,12,17H,4,7-8H2,1-3H3. The van der Waals surface area contributed by atoms with Gasteiger partial charge in [-0.3, -0.25) is 0 Å². The summed E-state index contributed by atoms with van der Waals surface area (Å²) in [5.74, 6) is 1.56. The molecule has 0 spiro atoms. The number of benzene rings is 1. The SMILES string of the molecule is CCON=C1CC(c2nc(-c3ccc(C)c(NC)c3)no2)C1. The average Bonchev–Trinajstić information content (AvgIpc) is 2.96. The molecule has 1 aliphatic rings. The fraction of sp³-hybridized carbons (Fsp3) is 0.438. The predicted octanol–water partition coefficient (Wildman–Crippen LogP) is 3.36. The van der Waals surface area contributed by atoms with Crippen molar-refractivity contribution in [2.75, 3.05) is 19.0 Å². The smallest absolute Gasteiger partial charge is 0.230 e. The molecule has 6 heteroatoms. The lowest BCUT2D eigenvalue weighted by molar-refractivity contribution is 0.154. The fourth-order valence-corrected chi connectivity index (χ4v) is 2.46. The molecule has 1 N–H and O–H groups in total. The van der Waals surface area contributed by atoms with Gasteiger partial charge < -0.3 is 14.7 Å². The van der Waals surface area contributed by atoms with E-state index in [0.29, 0.717) is 18.3 Å². The van der Waals surface area contributed by atoms with Gasteiger partial charge in [0.05, 0.1) is 5.71 Å². The minimum absolute atomic E-state index is 0.259. The Balaban J connectivity index is 1.72. The Kier molecular flexibility index (Phi) is 4.09. The van der Waals surface area contributed by atoms with E-state index in [1.807, 2.05) is 32.2 Å². The molecule has 1 aliphatic carbocycles. The lowest BCUT2D eigenvalue weighted by Crippen LogP contribution is -2.22. The third kappa shape index (κ3) is 2.81. The van der Waals surface area contributed by atoms with E-state index in [1.165, 1.54) is 5.56 Å². The van der Waals surface area contributed by atoms with Gasteiger partial charge in [0.1, 0.15) is 6.61 Å². The van der Waals surface area contributed by atoms with Crippen molar-refractivity contribution in [1.29, 1.82) is 0 Å². The van der Waals surface area contributed by atoms with Crippen molar-refractivity contribution in [3.8, 4) is 11.4 Å². The molecule has 0 aliphatic heterocycles. The number of aryl methyl sites for hydroxylation is 1. The van der Waals surface area contributed by atoms with Gasteiger partial charge in [0.15, 0.2) is 0 Å². The number of nitrogens with one attached hydrogen (secondary N) is 1. The molecular weight excluding hydrogens is 280 g/mol. The van der Waals surface area contributed by atoms with Gasteiger partial charge in [-0.1, -0.05) is 22.4 Å². The number of rotatable bonds is 5. The summed E-state index contributed by atoms with van der Waals surface area (Å²) in [6, 6.07) is 6.09. The van der Waals surface area contributed by atoms with Crippen molar-refractivity contribution in [3.05, 3.63) is 29.7 Å². The van der Waals surface area contributed by atoms with Crippen molar-refractivity contribution in [2.24, 2.45) is 5.16 Å². The molecule has 6 nitrogen and oxygen atoms in total. The van der Waals surface area contributed by atoms with Gasteiger partial charge in [0.2, 0.25) is 11.7 Å². The first-order chi connectivity index (χ1) is 10.7. The Hall–Kier alpha value is -2.37. The summed E-state index contributed by atoms with van der Waals surface area (Å²) < 4.78 is 5.40. The van der Waals surface area contributed by atoms with Crippen molar-refractivity contribution in [2.45, 2.75) is 32.6 Å². The Labute approximate surface area is 129 Å². The highest BCUT2D eigenvalue weighted by atomic mass is 16.6. The third-order valence-corrected chi connectivity index (χ3v) is 3.84. The summed E-state index contributed by atoms with van der Waals surface area (Å²) in [5, 5.41) is 11.3. The highest BCUT2D eigenvalue weighted by Gasteiger charge is 2.32. The molecule has 1 saturated carbocycles. The highest BCUT2D eigenvalue weighted by Crippen LogP contribution is 2.35. The normalized spacial score (nSPS) is 17.0. The van der Waals surface area contributed by atoms with Gasteiger partial charge in [-0.2, -0.15) is 4.98 Å². The minimum Gasteiger partial charge on any atom is -0.396 e. The summed E-state index contributed by atoms with van der Waals surface area (Å²) in [5.41, 5.74) is 4.26. The summed E-state index contributed by atoms with van der Waals surface area (Å²) in [4.78, 5) is 9.57. The third-order valence-electron chi connectivity index (χ3n) is 3.84. The van der Waals surface area contributed by atoms with Crippen LogP contribution >= 0.6 is 0 Å². The molecule has 1 aromatic heterocycles. The maximum atomic E-state index is 5.40. The van der Waals surface area contributed by atoms with Crippen LogP contribution in [0.1, 0.15) is 37.1 Å². The maximum absolute atomic E-state index is 5.40. The Morgan fingerprint density at radius 2 is 2.23 bits per heavy atom. The van der Waals surface area contributed by atoms with E-state index < -0.39 is 0 Å². The number of aromatic nitrogens is 2. The summed E-state index contributed by atoms with van der Waals surface area (Å²) in [6.07, 6.45) is 1.66. The van der Waals surface area contributed by atoms with Gasteiger partial charge in [-0.25, -0.2) is 0 Å². The molecule has 1 fully saturated rings. The van der Waals surface area contributed by atoms with E-state index in [-0.39, 0.29) is 5.92 Å². The lowest BCUT2D eigenvalue weighted by Gasteiger charge is -2.23. The predicted molar refractivity (Wildman–Crippen MR) is 85.1 cm³/mol. The largest absolute Gasteiger partial charge is 0.396 e. The van der Waals surface area contributed by atoms with Gasteiger partial charge in [0, 0.05) is 37.1 Å². The second-order valence-corrected chi connectivity index (χ2v) is 5.42. The zero-order valence-electron chi connectivity index (χ0n) is 13.1. The van der Waals surface area contributed by atoms with Crippen LogP contribution < -0.4 is 5.32 Å². The van der Waals surface area contributed by atoms with Crippen LogP contribution in [-0.4, -0.2) is 29.5 Å². The van der Waals surface area contributed by atoms with Gasteiger partial charge in [-0.15, -0.1) is 0 Å². The van der Waals surface area contributed by atoms with E-state index in [0.717, 1.165) is 29.8 Å². The molecular formula is C16H20N4O2. The van der Waals surface area contributed by atoms with Crippen LogP contribution in [0.5, 0.6) is 0 Å². The zero-order valence-corrected chi connectivity index (χ0v) is 13.1. The molecule has 0 unspecified atom stereocenters. The quantitative estimate of drug-likeness (QED) is 0.857. The Morgan fingerprint density at radius 1 is 1.41 bits per heavy atom. The van der Waals surface area contributed by atoms with E-state index in [2.05, 4.69) is 27.5 Å². The van der Waals surface area contributed by atoms with Gasteiger partial charge >= 0.3 is 0 Å². The topological polar surface area (TPSA) is 72.5 Å². The fourth-order valence-electron chi connectivity index (χ4n) is 2.46. The maximum Gasteiger partial charge on any atom is 0.230 e. The first-order valence-corrected chi connectivity index (χ1v) is 7.51. The highest BCUT2D eigenvalue weighted by molar-refractivity contribution is 5.91. The Bertz CT molecular complexity index is 685. The first kappa shape index (κ1) is 14.6. The van der Waals surface area contributed by atoms with Crippen LogP contribution in [0.15, 0.2) is 27.9 Å². The van der Waals surface area contributed by atoms with Crippen molar-refractivity contribution in [1.82, 2.24) is 10.1 Å². The van der Waals surface area contributed by atoms with Crippen LogP contribution in [0.3, 0.4) is 0 Å². The zero-order chi connectivity index (χ0) is 15.5. The second-order valence-electron chi connectivity index (χ2n) is 5.42. The second kappa shape index (κ2) is 6.17. The molecule has 0 amide bonds. The molecule has 22 heavy (non-hydrogen) atoms. The van der Waals surface area contributed by atoms with Crippen LogP contribution in [0, 0.1) is 6.92 Å². The van der Waals surface area contributed by atoms with Gasteiger partial charge in [0.25, 0.3) is 0 Å². The van der Waals surface area contributed by atoms with Gasteiger partial charge in [-0.05, 0) is 25.5 Å². The summed E-state index contributed by atoms with van der Waals surface area (Å²) in [6.45, 7) is 4.58. The monoisotopic (exact) mass is 300 g/mol. The number of anilines is 1. The lowest BCUT2D eigenvalue weighted by atomic mass is 9.83. The number of oxime groups is 1. The molecule has 0 atom stereocenters. The molecule has 116 valence electrons. The summed E-state index contributed by atoms with van der Waals surface area (Å²) in [7, 11) is 1.90. The molecule has 3 rings (SSSR count). The minimum atomic E-state index is 0.259. The molecule has 1 heterocycles. The number of nitrogens with zero attached hydrogens (tertiary/aromatic N) is 3. The van der Waals surface area contributed by atoms with E-state index >= 15 is 0 Å². The molecule has 2 aromatic rings. The first-order valence-electron chi connectivity index (χ1n) is 7.51. The Morgan fingerprint density at radius 3 is 2.95 bits per heavy atom. The summed E-state index contributed by atoms with van der Waals surface area (Å²) >= 11 is 0. The van der Waals surface area contributed by atoms with Crippen molar-refractivity contribution < 1.29 is 9.36 Å². The number of hydrogen-bond donors (Lipinski definition) is 1. The van der Waals surface area contributed by atoms with E-state index in [1.54, 1.807) is 0 Å². The van der Waals surface area contributed by atoms with E-state index in [9.17, 15) is 0 Å². The number of hydrogen-bond acceptors (Lipinski definition) is 6. The molecule has 1 aromatic carbocycles. The van der Waals surface area contributed by atoms with Crippen molar-refractivity contribution >= 4 is 11.4 Å². The molecule has 0 saturated heterocycles. The molecule has 0 bridgehead atoms. The molecule has 0 radical (unpaired) electrons. The van der Waals surface area contributed by atoms with Crippen LogP contribution in [-0.2, 0) is 4.84 Å². The van der Waals surface area contributed by atoms with Crippen LogP contribution in [0.4, 0.5) is 5.69 Å². The average molecular weight is 300 g/mol.